The van der Waals surface area contributed by atoms with Gasteiger partial charge < -0.3 is 15.2 Å². The summed E-state index contributed by atoms with van der Waals surface area (Å²) in [6, 6.07) is 7.26. The highest BCUT2D eigenvalue weighted by Gasteiger charge is 2.16. The van der Waals surface area contributed by atoms with E-state index in [-0.39, 0.29) is 18.6 Å². The lowest BCUT2D eigenvalue weighted by atomic mass is 10.0. The van der Waals surface area contributed by atoms with E-state index in [0.29, 0.717) is 12.1 Å². The van der Waals surface area contributed by atoms with Gasteiger partial charge >= 0.3 is 5.97 Å². The van der Waals surface area contributed by atoms with E-state index in [0.717, 1.165) is 18.4 Å². The SMILES string of the molecule is CC(Cc1ccc(NC(=O)COC2CCCC2)cc1)C(=O)O. The molecule has 1 aliphatic carbocycles. The summed E-state index contributed by atoms with van der Waals surface area (Å²) in [6.07, 6.45) is 5.16. The molecule has 22 heavy (non-hydrogen) atoms. The second kappa shape index (κ2) is 7.94. The van der Waals surface area contributed by atoms with Gasteiger partial charge in [-0.3, -0.25) is 9.59 Å². The number of carboxylic acid groups (broad SMARTS) is 1. The molecule has 5 heteroatoms. The van der Waals surface area contributed by atoms with Gasteiger partial charge in [0.2, 0.25) is 5.91 Å². The van der Waals surface area contributed by atoms with Crippen LogP contribution in [-0.2, 0) is 20.7 Å². The zero-order chi connectivity index (χ0) is 15.9. The standard InChI is InChI=1S/C17H23NO4/c1-12(17(20)21)10-13-6-8-14(9-7-13)18-16(19)11-22-15-4-2-3-5-15/h6-9,12,15H,2-5,10-11H2,1H3,(H,18,19)(H,20,21). The summed E-state index contributed by atoms with van der Waals surface area (Å²) in [5.41, 5.74) is 1.64. The van der Waals surface area contributed by atoms with Crippen molar-refractivity contribution < 1.29 is 19.4 Å². The first-order valence-electron chi connectivity index (χ1n) is 7.78. The molecule has 1 aromatic carbocycles. The smallest absolute Gasteiger partial charge is 0.306 e. The molecule has 1 unspecified atom stereocenters. The summed E-state index contributed by atoms with van der Waals surface area (Å²) in [4.78, 5) is 22.6. The molecule has 2 N–H and O–H groups in total. The van der Waals surface area contributed by atoms with Crippen LogP contribution in [0, 0.1) is 5.92 Å². The number of nitrogens with one attached hydrogen (secondary N) is 1. The van der Waals surface area contributed by atoms with Crippen LogP contribution in [-0.4, -0.2) is 29.7 Å². The second-order valence-corrected chi connectivity index (χ2v) is 5.91. The largest absolute Gasteiger partial charge is 0.481 e. The minimum Gasteiger partial charge on any atom is -0.481 e. The third-order valence-corrected chi connectivity index (χ3v) is 3.95. The molecule has 2 rings (SSSR count). The lowest BCUT2D eigenvalue weighted by molar-refractivity contribution is -0.141. The summed E-state index contributed by atoms with van der Waals surface area (Å²) in [5, 5.41) is 11.7. The van der Waals surface area contributed by atoms with Gasteiger partial charge in [0.05, 0.1) is 12.0 Å². The van der Waals surface area contributed by atoms with E-state index in [1.807, 2.05) is 12.1 Å². The van der Waals surface area contributed by atoms with Crippen molar-refractivity contribution in [3.05, 3.63) is 29.8 Å². The Hall–Kier alpha value is -1.88. The lowest BCUT2D eigenvalue weighted by Crippen LogP contribution is -2.21. The van der Waals surface area contributed by atoms with Crippen LogP contribution in [0.3, 0.4) is 0 Å². The summed E-state index contributed by atoms with van der Waals surface area (Å²) >= 11 is 0. The summed E-state index contributed by atoms with van der Waals surface area (Å²) in [5.74, 6) is -1.37. The number of benzene rings is 1. The fourth-order valence-corrected chi connectivity index (χ4v) is 2.61. The van der Waals surface area contributed by atoms with Crippen LogP contribution in [0.25, 0.3) is 0 Å². The highest BCUT2D eigenvalue weighted by molar-refractivity contribution is 5.91. The number of carboxylic acids is 1. The second-order valence-electron chi connectivity index (χ2n) is 5.91. The number of aliphatic carboxylic acids is 1. The first-order chi connectivity index (χ1) is 10.5. The Kier molecular flexibility index (Phi) is 5.95. The minimum atomic E-state index is -0.804. The van der Waals surface area contributed by atoms with E-state index in [2.05, 4.69) is 5.32 Å². The Morgan fingerprint density at radius 1 is 1.27 bits per heavy atom. The van der Waals surface area contributed by atoms with E-state index in [1.54, 1.807) is 19.1 Å². The molecule has 0 bridgehead atoms. The van der Waals surface area contributed by atoms with Gasteiger partial charge in [-0.15, -0.1) is 0 Å². The Balaban J connectivity index is 1.77. The van der Waals surface area contributed by atoms with Crippen molar-refractivity contribution in [3.63, 3.8) is 0 Å². The van der Waals surface area contributed by atoms with Gasteiger partial charge in [-0.05, 0) is 37.0 Å². The maximum atomic E-state index is 11.8. The Labute approximate surface area is 130 Å². The van der Waals surface area contributed by atoms with E-state index < -0.39 is 11.9 Å². The fourth-order valence-electron chi connectivity index (χ4n) is 2.61. The molecule has 1 aromatic rings. The summed E-state index contributed by atoms with van der Waals surface area (Å²) in [7, 11) is 0. The normalized spacial score (nSPS) is 16.4. The topological polar surface area (TPSA) is 75.6 Å². The maximum Gasteiger partial charge on any atom is 0.306 e. The fraction of sp³-hybridized carbons (Fsp3) is 0.529. The highest BCUT2D eigenvalue weighted by Crippen LogP contribution is 2.20. The van der Waals surface area contributed by atoms with E-state index >= 15 is 0 Å². The quantitative estimate of drug-likeness (QED) is 0.812. The molecule has 0 aromatic heterocycles. The van der Waals surface area contributed by atoms with Crippen molar-refractivity contribution in [1.29, 1.82) is 0 Å². The van der Waals surface area contributed by atoms with E-state index in [9.17, 15) is 9.59 Å². The van der Waals surface area contributed by atoms with E-state index in [4.69, 9.17) is 9.84 Å². The van der Waals surface area contributed by atoms with Crippen LogP contribution >= 0.6 is 0 Å². The van der Waals surface area contributed by atoms with Crippen LogP contribution in [0.5, 0.6) is 0 Å². The van der Waals surface area contributed by atoms with Gasteiger partial charge in [-0.2, -0.15) is 0 Å². The number of ether oxygens (including phenoxy) is 1. The van der Waals surface area contributed by atoms with Gasteiger partial charge in [0.15, 0.2) is 0 Å². The molecule has 0 saturated heterocycles. The zero-order valence-corrected chi connectivity index (χ0v) is 12.9. The predicted octanol–water partition coefficient (Wildman–Crippen LogP) is 2.85. The predicted molar refractivity (Wildman–Crippen MR) is 83.8 cm³/mol. The monoisotopic (exact) mass is 305 g/mol. The minimum absolute atomic E-state index is 0.0858. The van der Waals surface area contributed by atoms with Crippen LogP contribution in [0.15, 0.2) is 24.3 Å². The molecule has 0 heterocycles. The molecule has 1 atom stereocenters. The molecular weight excluding hydrogens is 282 g/mol. The Bertz CT molecular complexity index is 506. The van der Waals surface area contributed by atoms with Crippen LogP contribution in [0.1, 0.15) is 38.2 Å². The van der Waals surface area contributed by atoms with Gasteiger partial charge in [0.1, 0.15) is 6.61 Å². The molecule has 1 aliphatic rings. The van der Waals surface area contributed by atoms with Gasteiger partial charge in [-0.1, -0.05) is 31.9 Å². The Morgan fingerprint density at radius 3 is 2.50 bits per heavy atom. The molecule has 0 radical (unpaired) electrons. The average Bonchev–Trinajstić information content (AvgIpc) is 3.00. The first kappa shape index (κ1) is 16.5. The first-order valence-corrected chi connectivity index (χ1v) is 7.78. The van der Waals surface area contributed by atoms with Crippen molar-refractivity contribution in [3.8, 4) is 0 Å². The molecule has 1 saturated carbocycles. The van der Waals surface area contributed by atoms with Crippen LogP contribution in [0.2, 0.25) is 0 Å². The number of hydrogen-bond acceptors (Lipinski definition) is 3. The number of rotatable bonds is 7. The number of amides is 1. The molecule has 1 fully saturated rings. The summed E-state index contributed by atoms with van der Waals surface area (Å²) < 4.78 is 5.56. The van der Waals surface area contributed by atoms with Gasteiger partial charge in [0, 0.05) is 5.69 Å². The maximum absolute atomic E-state index is 11.8. The van der Waals surface area contributed by atoms with E-state index in [1.165, 1.54) is 12.8 Å². The molecule has 0 aliphatic heterocycles. The molecule has 0 spiro atoms. The van der Waals surface area contributed by atoms with Crippen molar-refractivity contribution in [2.75, 3.05) is 11.9 Å². The molecule has 1 amide bonds. The van der Waals surface area contributed by atoms with Crippen molar-refractivity contribution in [2.45, 2.75) is 45.1 Å². The third kappa shape index (κ3) is 5.15. The van der Waals surface area contributed by atoms with Crippen molar-refractivity contribution >= 4 is 17.6 Å². The van der Waals surface area contributed by atoms with Gasteiger partial charge in [-0.25, -0.2) is 0 Å². The van der Waals surface area contributed by atoms with Crippen molar-refractivity contribution in [2.24, 2.45) is 5.92 Å². The van der Waals surface area contributed by atoms with Gasteiger partial charge in [0.25, 0.3) is 0 Å². The zero-order valence-electron chi connectivity index (χ0n) is 12.9. The number of carbonyl (C=O) groups excluding carboxylic acids is 1. The van der Waals surface area contributed by atoms with Crippen LogP contribution < -0.4 is 5.32 Å². The molecule has 120 valence electrons. The molecule has 5 nitrogen and oxygen atoms in total. The molecular formula is C17H23NO4. The van der Waals surface area contributed by atoms with Crippen LogP contribution in [0.4, 0.5) is 5.69 Å². The highest BCUT2D eigenvalue weighted by atomic mass is 16.5. The average molecular weight is 305 g/mol. The number of anilines is 1. The number of hydrogen-bond donors (Lipinski definition) is 2. The summed E-state index contributed by atoms with van der Waals surface area (Å²) in [6.45, 7) is 1.76. The number of carbonyl (C=O) groups is 2. The van der Waals surface area contributed by atoms with Crippen molar-refractivity contribution in [1.82, 2.24) is 0 Å². The third-order valence-electron chi connectivity index (χ3n) is 3.95. The Morgan fingerprint density at radius 2 is 1.91 bits per heavy atom. The lowest BCUT2D eigenvalue weighted by Gasteiger charge is -2.11.